The molecule has 0 saturated carbocycles. The summed E-state index contributed by atoms with van der Waals surface area (Å²) in [6.07, 6.45) is 0.684. The maximum absolute atomic E-state index is 11.8. The zero-order chi connectivity index (χ0) is 15.8. The van der Waals surface area contributed by atoms with Crippen LogP contribution in [0.4, 0.5) is 0 Å². The highest BCUT2D eigenvalue weighted by molar-refractivity contribution is 5.82. The molecule has 2 aliphatic rings. The van der Waals surface area contributed by atoms with Crippen LogP contribution in [-0.2, 0) is 14.4 Å². The molecule has 0 aromatic carbocycles. The largest absolute Gasteiger partial charge is 0.456 e. The van der Waals surface area contributed by atoms with Crippen LogP contribution in [0.1, 0.15) is 33.1 Å². The number of aliphatic hydroxyl groups excluding tert-OH is 1. The van der Waals surface area contributed by atoms with E-state index in [1.54, 1.807) is 13.0 Å². The van der Waals surface area contributed by atoms with Crippen molar-refractivity contribution in [1.29, 1.82) is 0 Å². The van der Waals surface area contributed by atoms with E-state index in [2.05, 4.69) is 11.5 Å². The zero-order valence-corrected chi connectivity index (χ0v) is 12.3. The van der Waals surface area contributed by atoms with Crippen LogP contribution in [0.5, 0.6) is 0 Å². The van der Waals surface area contributed by atoms with E-state index in [1.165, 1.54) is 6.92 Å². The Bertz CT molecular complexity index is 467. The highest BCUT2D eigenvalue weighted by Gasteiger charge is 2.52. The minimum Gasteiger partial charge on any atom is -0.456 e. The predicted molar refractivity (Wildman–Crippen MR) is 74.3 cm³/mol. The Labute approximate surface area is 123 Å². The molecule has 1 fully saturated rings. The summed E-state index contributed by atoms with van der Waals surface area (Å²) in [6.45, 7) is 7.01. The van der Waals surface area contributed by atoms with Gasteiger partial charge in [-0.05, 0) is 43.9 Å². The lowest BCUT2D eigenvalue weighted by Crippen LogP contribution is -2.39. The van der Waals surface area contributed by atoms with E-state index in [-0.39, 0.29) is 6.42 Å². The fourth-order valence-corrected chi connectivity index (χ4v) is 2.94. The molecule has 2 rings (SSSR count). The number of rotatable bonds is 1. The SMILES string of the molecule is C=C1CC[C@@H]2C(C=C(C)[C@H](O)C[C@@H]1OO)OC(=O)[C@@]2(C)O. The van der Waals surface area contributed by atoms with Crippen LogP contribution in [0, 0.1) is 5.92 Å². The van der Waals surface area contributed by atoms with E-state index in [0.29, 0.717) is 24.0 Å². The smallest absolute Gasteiger partial charge is 0.338 e. The molecule has 6 heteroatoms. The third-order valence-electron chi connectivity index (χ3n) is 4.52. The third-order valence-corrected chi connectivity index (χ3v) is 4.52. The lowest BCUT2D eigenvalue weighted by atomic mass is 9.80. The first-order valence-corrected chi connectivity index (χ1v) is 7.05. The Hall–Kier alpha value is -1.21. The average molecular weight is 298 g/mol. The van der Waals surface area contributed by atoms with E-state index in [0.717, 1.165) is 0 Å². The van der Waals surface area contributed by atoms with E-state index < -0.39 is 35.8 Å². The van der Waals surface area contributed by atoms with Crippen LogP contribution in [0.3, 0.4) is 0 Å². The summed E-state index contributed by atoms with van der Waals surface area (Å²) in [5, 5.41) is 29.4. The van der Waals surface area contributed by atoms with Gasteiger partial charge in [0, 0.05) is 12.3 Å². The minimum atomic E-state index is -1.57. The molecule has 0 aromatic rings. The van der Waals surface area contributed by atoms with Crippen molar-refractivity contribution in [1.82, 2.24) is 0 Å². The summed E-state index contributed by atoms with van der Waals surface area (Å²) in [5.41, 5.74) is -0.353. The number of fused-ring (bicyclic) bond motifs is 1. The Kier molecular flexibility index (Phi) is 4.53. The Morgan fingerprint density at radius 3 is 2.81 bits per heavy atom. The Morgan fingerprint density at radius 2 is 2.19 bits per heavy atom. The van der Waals surface area contributed by atoms with Gasteiger partial charge < -0.3 is 14.9 Å². The normalized spacial score (nSPS) is 41.3. The first kappa shape index (κ1) is 16.2. The van der Waals surface area contributed by atoms with Gasteiger partial charge in [0.2, 0.25) is 0 Å². The Morgan fingerprint density at radius 1 is 1.52 bits per heavy atom. The average Bonchev–Trinajstić information content (AvgIpc) is 2.62. The van der Waals surface area contributed by atoms with Crippen molar-refractivity contribution in [3.63, 3.8) is 0 Å². The van der Waals surface area contributed by atoms with Gasteiger partial charge in [-0.3, -0.25) is 5.26 Å². The first-order valence-electron chi connectivity index (χ1n) is 7.05. The van der Waals surface area contributed by atoms with Crippen LogP contribution >= 0.6 is 0 Å². The second kappa shape index (κ2) is 5.88. The molecule has 1 heterocycles. The number of carbonyl (C=O) groups is 1. The van der Waals surface area contributed by atoms with Crippen molar-refractivity contribution in [3.8, 4) is 0 Å². The summed E-state index contributed by atoms with van der Waals surface area (Å²) >= 11 is 0. The van der Waals surface area contributed by atoms with Crippen LogP contribution in [-0.4, -0.2) is 45.4 Å². The van der Waals surface area contributed by atoms with Crippen LogP contribution in [0.2, 0.25) is 0 Å². The van der Waals surface area contributed by atoms with Gasteiger partial charge in [0.05, 0.1) is 6.10 Å². The van der Waals surface area contributed by atoms with Crippen molar-refractivity contribution in [2.24, 2.45) is 5.92 Å². The van der Waals surface area contributed by atoms with E-state index in [9.17, 15) is 15.0 Å². The lowest BCUT2D eigenvalue weighted by Gasteiger charge is -2.27. The molecule has 1 aliphatic heterocycles. The lowest BCUT2D eigenvalue weighted by molar-refractivity contribution is -0.272. The topological polar surface area (TPSA) is 96.2 Å². The minimum absolute atomic E-state index is 0.180. The molecule has 5 atom stereocenters. The van der Waals surface area contributed by atoms with Gasteiger partial charge in [-0.25, -0.2) is 9.68 Å². The Balaban J connectivity index is 2.34. The van der Waals surface area contributed by atoms with Crippen molar-refractivity contribution in [2.45, 2.75) is 57.0 Å². The second-order valence-corrected chi connectivity index (χ2v) is 6.08. The third kappa shape index (κ3) is 3.03. The molecule has 0 radical (unpaired) electrons. The van der Waals surface area contributed by atoms with E-state index >= 15 is 0 Å². The molecular formula is C15H22O6. The summed E-state index contributed by atoms with van der Waals surface area (Å²) in [7, 11) is 0. The summed E-state index contributed by atoms with van der Waals surface area (Å²) in [6, 6.07) is 0. The maximum atomic E-state index is 11.8. The number of hydrogen-bond acceptors (Lipinski definition) is 6. The molecule has 1 saturated heterocycles. The van der Waals surface area contributed by atoms with E-state index in [4.69, 9.17) is 9.99 Å². The van der Waals surface area contributed by atoms with Crippen LogP contribution < -0.4 is 0 Å². The number of ether oxygens (including phenoxy) is 1. The molecule has 21 heavy (non-hydrogen) atoms. The molecule has 0 aromatic heterocycles. The molecular weight excluding hydrogens is 276 g/mol. The number of carbonyl (C=O) groups excluding carboxylic acids is 1. The van der Waals surface area contributed by atoms with Crippen molar-refractivity contribution >= 4 is 5.97 Å². The van der Waals surface area contributed by atoms with Gasteiger partial charge >= 0.3 is 5.97 Å². The molecule has 0 spiro atoms. The molecule has 1 aliphatic carbocycles. The fraction of sp³-hybridized carbons (Fsp3) is 0.667. The molecule has 6 nitrogen and oxygen atoms in total. The van der Waals surface area contributed by atoms with Gasteiger partial charge in [-0.1, -0.05) is 6.58 Å². The van der Waals surface area contributed by atoms with E-state index in [1.807, 2.05) is 0 Å². The fourth-order valence-electron chi connectivity index (χ4n) is 2.94. The van der Waals surface area contributed by atoms with Crippen LogP contribution in [0.15, 0.2) is 23.8 Å². The highest BCUT2D eigenvalue weighted by atomic mass is 17.1. The zero-order valence-electron chi connectivity index (χ0n) is 12.3. The summed E-state index contributed by atoms with van der Waals surface area (Å²) in [4.78, 5) is 16.2. The van der Waals surface area contributed by atoms with Crippen LogP contribution in [0.25, 0.3) is 0 Å². The monoisotopic (exact) mass is 298 g/mol. The number of hydrogen-bond donors (Lipinski definition) is 3. The van der Waals surface area contributed by atoms with Gasteiger partial charge in [-0.2, -0.15) is 0 Å². The van der Waals surface area contributed by atoms with Gasteiger partial charge in [0.1, 0.15) is 12.2 Å². The first-order chi connectivity index (χ1) is 9.77. The van der Waals surface area contributed by atoms with Crippen molar-refractivity contribution < 1.29 is 29.9 Å². The van der Waals surface area contributed by atoms with Gasteiger partial charge in [0.15, 0.2) is 5.60 Å². The highest BCUT2D eigenvalue weighted by Crippen LogP contribution is 2.38. The maximum Gasteiger partial charge on any atom is 0.338 e. The molecule has 0 bridgehead atoms. The summed E-state index contributed by atoms with van der Waals surface area (Å²) < 4.78 is 5.23. The number of esters is 1. The predicted octanol–water partition coefficient (Wildman–Crippen LogP) is 1.18. The number of aliphatic hydroxyl groups is 2. The summed E-state index contributed by atoms with van der Waals surface area (Å²) in [5.74, 6) is -1.09. The van der Waals surface area contributed by atoms with Gasteiger partial charge in [0.25, 0.3) is 0 Å². The van der Waals surface area contributed by atoms with Crippen molar-refractivity contribution in [2.75, 3.05) is 0 Å². The molecule has 0 amide bonds. The standard InChI is InChI=1S/C15H22O6/c1-8-4-5-10-13(20-14(17)15(10,3)18)6-9(2)11(16)7-12(8)21-19/h6,10-13,16,18-19H,1,4-5,7H2,2-3H3/t10-,11-,12+,13?,15+/m1/s1. The quantitative estimate of drug-likeness (QED) is 0.291. The molecule has 3 N–H and O–H groups in total. The van der Waals surface area contributed by atoms with Gasteiger partial charge in [-0.15, -0.1) is 0 Å². The van der Waals surface area contributed by atoms with Crippen molar-refractivity contribution in [3.05, 3.63) is 23.8 Å². The molecule has 1 unspecified atom stereocenters. The molecule has 118 valence electrons. The second-order valence-electron chi connectivity index (χ2n) is 6.08.